The molecule has 2 unspecified atom stereocenters. The van der Waals surface area contributed by atoms with E-state index in [0.717, 1.165) is 35.5 Å². The Morgan fingerprint density at radius 2 is 1.84 bits per heavy atom. The van der Waals surface area contributed by atoms with Gasteiger partial charge in [0.2, 0.25) is 10.0 Å². The number of halogens is 3. The van der Waals surface area contributed by atoms with Gasteiger partial charge in [0.15, 0.2) is 0 Å². The molecule has 9 heteroatoms. The molecule has 0 radical (unpaired) electrons. The van der Waals surface area contributed by atoms with Crippen LogP contribution >= 0.6 is 0 Å². The van der Waals surface area contributed by atoms with E-state index in [9.17, 15) is 21.6 Å². The molecular formula is C16H14F3N3O2S. The third kappa shape index (κ3) is 2.62. The van der Waals surface area contributed by atoms with Gasteiger partial charge in [-0.05, 0) is 37.1 Å². The molecule has 4 rings (SSSR count). The molecule has 2 bridgehead atoms. The van der Waals surface area contributed by atoms with E-state index >= 15 is 0 Å². The van der Waals surface area contributed by atoms with Crippen molar-refractivity contribution in [2.75, 3.05) is 0 Å². The highest BCUT2D eigenvalue weighted by Crippen LogP contribution is 2.46. The highest BCUT2D eigenvalue weighted by atomic mass is 32.2. The summed E-state index contributed by atoms with van der Waals surface area (Å²) in [6.45, 7) is 0. The largest absolute Gasteiger partial charge is 0.416 e. The lowest BCUT2D eigenvalue weighted by Crippen LogP contribution is -2.42. The fraction of sp³-hybridized carbons (Fsp3) is 0.375. The van der Waals surface area contributed by atoms with Crippen molar-refractivity contribution in [2.45, 2.75) is 42.4 Å². The van der Waals surface area contributed by atoms with Gasteiger partial charge < -0.3 is 0 Å². The Bertz CT molecular complexity index is 913. The van der Waals surface area contributed by atoms with Crippen LogP contribution in [0.15, 0.2) is 41.7 Å². The van der Waals surface area contributed by atoms with Gasteiger partial charge in [-0.15, -0.1) is 0 Å². The van der Waals surface area contributed by atoms with Gasteiger partial charge in [0.25, 0.3) is 0 Å². The molecule has 2 aliphatic heterocycles. The van der Waals surface area contributed by atoms with Crippen LogP contribution in [-0.2, 0) is 22.6 Å². The summed E-state index contributed by atoms with van der Waals surface area (Å²) < 4.78 is 65.6. The lowest BCUT2D eigenvalue weighted by atomic mass is 10.0. The zero-order chi connectivity index (χ0) is 17.8. The molecule has 0 N–H and O–H groups in total. The zero-order valence-electron chi connectivity index (χ0n) is 12.9. The minimum atomic E-state index is -4.50. The van der Waals surface area contributed by atoms with Crippen LogP contribution in [0.25, 0.3) is 0 Å². The number of hydrogen-bond acceptors (Lipinski definition) is 4. The summed E-state index contributed by atoms with van der Waals surface area (Å²) in [6.07, 6.45) is 0.421. The van der Waals surface area contributed by atoms with E-state index in [4.69, 9.17) is 0 Å². The molecule has 0 spiro atoms. The van der Waals surface area contributed by atoms with E-state index in [1.165, 1.54) is 10.6 Å². The minimum absolute atomic E-state index is 0.127. The molecule has 0 amide bonds. The Kier molecular flexibility index (Phi) is 3.62. The predicted molar refractivity (Wildman–Crippen MR) is 82.0 cm³/mol. The van der Waals surface area contributed by atoms with Crippen LogP contribution in [0.1, 0.15) is 35.7 Å². The van der Waals surface area contributed by atoms with Gasteiger partial charge in [-0.25, -0.2) is 18.4 Å². The van der Waals surface area contributed by atoms with Gasteiger partial charge in [0.1, 0.15) is 6.33 Å². The zero-order valence-corrected chi connectivity index (χ0v) is 13.8. The number of rotatable bonds is 2. The van der Waals surface area contributed by atoms with E-state index in [-0.39, 0.29) is 17.0 Å². The van der Waals surface area contributed by atoms with Crippen molar-refractivity contribution in [3.63, 3.8) is 0 Å². The lowest BCUT2D eigenvalue weighted by Gasteiger charge is -2.34. The molecule has 25 heavy (non-hydrogen) atoms. The molecule has 2 atom stereocenters. The van der Waals surface area contributed by atoms with Gasteiger partial charge in [-0.3, -0.25) is 0 Å². The molecule has 0 saturated carbocycles. The van der Waals surface area contributed by atoms with Gasteiger partial charge >= 0.3 is 6.18 Å². The SMILES string of the molecule is O=S(=O)(c1ccc(C(F)(F)F)cc1)N1C2CCC1c1cncnc1C2. The van der Waals surface area contributed by atoms with E-state index in [2.05, 4.69) is 9.97 Å². The van der Waals surface area contributed by atoms with Crippen LogP contribution in [-0.4, -0.2) is 28.7 Å². The maximum absolute atomic E-state index is 13.0. The third-order valence-corrected chi connectivity index (χ3v) is 6.79. The molecular weight excluding hydrogens is 355 g/mol. The Morgan fingerprint density at radius 3 is 2.52 bits per heavy atom. The highest BCUT2D eigenvalue weighted by molar-refractivity contribution is 7.89. The Morgan fingerprint density at radius 1 is 1.12 bits per heavy atom. The van der Waals surface area contributed by atoms with Crippen LogP contribution in [0.5, 0.6) is 0 Å². The molecule has 3 heterocycles. The number of sulfonamides is 1. The Hall–Kier alpha value is -2.00. The molecule has 1 aromatic heterocycles. The fourth-order valence-corrected chi connectivity index (χ4v) is 5.53. The summed E-state index contributed by atoms with van der Waals surface area (Å²) in [6, 6.07) is 3.07. The van der Waals surface area contributed by atoms with Crippen molar-refractivity contribution in [3.8, 4) is 0 Å². The quantitative estimate of drug-likeness (QED) is 0.817. The van der Waals surface area contributed by atoms with Gasteiger partial charge in [0.05, 0.1) is 22.2 Å². The lowest BCUT2D eigenvalue weighted by molar-refractivity contribution is -0.137. The molecule has 0 aliphatic carbocycles. The molecule has 1 aromatic carbocycles. The van der Waals surface area contributed by atoms with Gasteiger partial charge in [0, 0.05) is 24.2 Å². The first-order valence-corrected chi connectivity index (χ1v) is 9.22. The summed E-state index contributed by atoms with van der Waals surface area (Å²) >= 11 is 0. The molecule has 132 valence electrons. The molecule has 1 saturated heterocycles. The van der Waals surface area contributed by atoms with Crippen molar-refractivity contribution < 1.29 is 21.6 Å². The van der Waals surface area contributed by atoms with Crippen LogP contribution in [0.3, 0.4) is 0 Å². The van der Waals surface area contributed by atoms with E-state index in [1.54, 1.807) is 6.20 Å². The van der Waals surface area contributed by atoms with Crippen LogP contribution in [0, 0.1) is 0 Å². The second-order valence-corrected chi connectivity index (χ2v) is 8.08. The second kappa shape index (κ2) is 5.50. The Labute approximate surface area is 142 Å². The molecule has 2 aromatic rings. The van der Waals surface area contributed by atoms with E-state index in [0.29, 0.717) is 19.3 Å². The van der Waals surface area contributed by atoms with Crippen molar-refractivity contribution in [2.24, 2.45) is 0 Å². The van der Waals surface area contributed by atoms with Crippen LogP contribution in [0.4, 0.5) is 13.2 Å². The normalized spacial score (nSPS) is 23.5. The van der Waals surface area contributed by atoms with E-state index < -0.39 is 21.8 Å². The minimum Gasteiger partial charge on any atom is -0.244 e. The van der Waals surface area contributed by atoms with Crippen molar-refractivity contribution in [1.29, 1.82) is 0 Å². The van der Waals surface area contributed by atoms with E-state index in [1.807, 2.05) is 0 Å². The van der Waals surface area contributed by atoms with Crippen molar-refractivity contribution >= 4 is 10.0 Å². The first kappa shape index (κ1) is 16.5. The molecule has 1 fully saturated rings. The number of aromatic nitrogens is 2. The average Bonchev–Trinajstić information content (AvgIpc) is 2.91. The maximum atomic E-state index is 13.0. The predicted octanol–water partition coefficient (Wildman–Crippen LogP) is 2.95. The standard InChI is InChI=1S/C16H14F3N3O2S/c17-16(18,19)10-1-4-12(5-2-10)25(23,24)22-11-3-6-15(22)13-8-20-9-21-14(13)7-11/h1-2,4-5,8-9,11,15H,3,6-7H2. The summed E-state index contributed by atoms with van der Waals surface area (Å²) in [5, 5.41) is 0. The maximum Gasteiger partial charge on any atom is 0.416 e. The average molecular weight is 369 g/mol. The summed E-state index contributed by atoms with van der Waals surface area (Å²) in [5.74, 6) is 0. The number of fused-ring (bicyclic) bond motifs is 4. The number of alkyl halides is 3. The number of nitrogens with zero attached hydrogens (tertiary/aromatic N) is 3. The van der Waals surface area contributed by atoms with Gasteiger partial charge in [-0.1, -0.05) is 0 Å². The molecule has 5 nitrogen and oxygen atoms in total. The summed E-state index contributed by atoms with van der Waals surface area (Å²) in [5.41, 5.74) is 0.764. The van der Waals surface area contributed by atoms with Gasteiger partial charge in [-0.2, -0.15) is 17.5 Å². The third-order valence-electron chi connectivity index (χ3n) is 4.81. The molecule has 2 aliphatic rings. The first-order valence-electron chi connectivity index (χ1n) is 7.78. The highest BCUT2D eigenvalue weighted by Gasteiger charge is 2.47. The van der Waals surface area contributed by atoms with Crippen molar-refractivity contribution in [1.82, 2.24) is 14.3 Å². The van der Waals surface area contributed by atoms with Crippen molar-refractivity contribution in [3.05, 3.63) is 53.6 Å². The van der Waals surface area contributed by atoms with Crippen LogP contribution < -0.4 is 0 Å². The Balaban J connectivity index is 1.72. The second-order valence-electron chi connectivity index (χ2n) is 6.23. The number of hydrogen-bond donors (Lipinski definition) is 0. The topological polar surface area (TPSA) is 63.2 Å². The monoisotopic (exact) mass is 369 g/mol. The first-order chi connectivity index (χ1) is 11.8. The van der Waals surface area contributed by atoms with Crippen LogP contribution in [0.2, 0.25) is 0 Å². The summed E-state index contributed by atoms with van der Waals surface area (Å²) in [7, 11) is -3.89. The smallest absolute Gasteiger partial charge is 0.244 e. The fourth-order valence-electron chi connectivity index (χ4n) is 3.68. The number of benzene rings is 1. The summed E-state index contributed by atoms with van der Waals surface area (Å²) in [4.78, 5) is 8.09.